The zero-order valence-electron chi connectivity index (χ0n) is 12.2. The van der Waals surface area contributed by atoms with E-state index in [-0.39, 0.29) is 11.9 Å². The van der Waals surface area contributed by atoms with Crippen molar-refractivity contribution in [3.8, 4) is 0 Å². The van der Waals surface area contributed by atoms with Crippen molar-refractivity contribution in [1.29, 1.82) is 0 Å². The van der Waals surface area contributed by atoms with E-state index in [1.165, 1.54) is 32.1 Å². The topological polar surface area (TPSA) is 40.5 Å². The summed E-state index contributed by atoms with van der Waals surface area (Å²) in [7, 11) is 0. The summed E-state index contributed by atoms with van der Waals surface area (Å²) >= 11 is 0. The Morgan fingerprint density at radius 1 is 1.28 bits per heavy atom. The van der Waals surface area contributed by atoms with Crippen LogP contribution in [0.15, 0.2) is 0 Å². The van der Waals surface area contributed by atoms with Crippen molar-refractivity contribution in [2.24, 2.45) is 5.92 Å². The third-order valence-corrected chi connectivity index (χ3v) is 3.88. The highest BCUT2D eigenvalue weighted by molar-refractivity contribution is 5.76. The van der Waals surface area contributed by atoms with Crippen molar-refractivity contribution < 1.29 is 9.90 Å². The monoisotopic (exact) mass is 255 g/mol. The van der Waals surface area contributed by atoms with Crippen LogP contribution < -0.4 is 0 Å². The van der Waals surface area contributed by atoms with Crippen LogP contribution in [0.25, 0.3) is 0 Å². The van der Waals surface area contributed by atoms with Gasteiger partial charge in [-0.3, -0.25) is 4.79 Å². The molecule has 1 amide bonds. The molecule has 0 aromatic rings. The molecule has 106 valence electrons. The van der Waals surface area contributed by atoms with Crippen LogP contribution in [0.4, 0.5) is 0 Å². The van der Waals surface area contributed by atoms with Crippen LogP contribution in [-0.4, -0.2) is 34.6 Å². The molecule has 0 radical (unpaired) electrons. The first kappa shape index (κ1) is 15.5. The Labute approximate surface area is 112 Å². The van der Waals surface area contributed by atoms with Gasteiger partial charge in [0.25, 0.3) is 0 Å². The van der Waals surface area contributed by atoms with Gasteiger partial charge < -0.3 is 10.0 Å². The van der Waals surface area contributed by atoms with Crippen molar-refractivity contribution in [2.75, 3.05) is 6.54 Å². The fourth-order valence-electron chi connectivity index (χ4n) is 2.87. The van der Waals surface area contributed by atoms with Gasteiger partial charge >= 0.3 is 0 Å². The Balaban J connectivity index is 2.27. The summed E-state index contributed by atoms with van der Waals surface area (Å²) in [6, 6.07) is 0.179. The predicted octanol–water partition coefficient (Wildman–Crippen LogP) is 2.96. The van der Waals surface area contributed by atoms with Gasteiger partial charge in [-0.15, -0.1) is 0 Å². The van der Waals surface area contributed by atoms with Crippen LogP contribution in [-0.2, 0) is 4.79 Å². The van der Waals surface area contributed by atoms with Gasteiger partial charge in [-0.2, -0.15) is 0 Å². The lowest BCUT2D eigenvalue weighted by Gasteiger charge is -2.28. The molecule has 1 saturated carbocycles. The molecular formula is C15H29NO2. The fraction of sp³-hybridized carbons (Fsp3) is 0.933. The Hall–Kier alpha value is -0.570. The third kappa shape index (κ3) is 5.38. The van der Waals surface area contributed by atoms with E-state index in [0.29, 0.717) is 13.0 Å². The van der Waals surface area contributed by atoms with Gasteiger partial charge in [0.2, 0.25) is 5.91 Å². The van der Waals surface area contributed by atoms with E-state index < -0.39 is 6.10 Å². The molecule has 0 heterocycles. The fourth-order valence-corrected chi connectivity index (χ4v) is 2.87. The van der Waals surface area contributed by atoms with Crippen LogP contribution in [0.1, 0.15) is 65.7 Å². The average Bonchev–Trinajstić information content (AvgIpc) is 2.78. The maximum absolute atomic E-state index is 12.1. The summed E-state index contributed by atoms with van der Waals surface area (Å²) < 4.78 is 0. The lowest BCUT2D eigenvalue weighted by atomic mass is 10.0. The molecule has 0 aliphatic heterocycles. The van der Waals surface area contributed by atoms with E-state index in [1.54, 1.807) is 11.8 Å². The zero-order valence-corrected chi connectivity index (χ0v) is 12.2. The lowest BCUT2D eigenvalue weighted by molar-refractivity contribution is -0.134. The lowest BCUT2D eigenvalue weighted by Crippen LogP contribution is -2.41. The smallest absolute Gasteiger partial charge is 0.222 e. The van der Waals surface area contributed by atoms with Gasteiger partial charge in [-0.1, -0.05) is 25.7 Å². The second kappa shape index (κ2) is 7.78. The minimum Gasteiger partial charge on any atom is -0.392 e. The number of hydrogen-bond donors (Lipinski definition) is 1. The molecule has 0 aromatic heterocycles. The Bertz CT molecular complexity index is 245. The van der Waals surface area contributed by atoms with Crippen molar-refractivity contribution in [3.63, 3.8) is 0 Å². The van der Waals surface area contributed by atoms with Gasteiger partial charge in [0.05, 0.1) is 6.10 Å². The van der Waals surface area contributed by atoms with Crippen molar-refractivity contribution in [1.82, 2.24) is 4.90 Å². The molecule has 0 aromatic carbocycles. The Morgan fingerprint density at radius 2 is 1.89 bits per heavy atom. The number of amides is 1. The molecule has 1 aliphatic carbocycles. The Morgan fingerprint density at radius 3 is 2.39 bits per heavy atom. The van der Waals surface area contributed by atoms with E-state index in [0.717, 1.165) is 12.3 Å². The molecule has 0 saturated heterocycles. The zero-order chi connectivity index (χ0) is 13.5. The number of aliphatic hydroxyl groups excluding tert-OH is 1. The second-order valence-electron chi connectivity index (χ2n) is 6.03. The van der Waals surface area contributed by atoms with Crippen molar-refractivity contribution in [3.05, 3.63) is 0 Å². The molecule has 1 aliphatic rings. The minimum absolute atomic E-state index is 0.179. The average molecular weight is 255 g/mol. The summed E-state index contributed by atoms with van der Waals surface area (Å²) in [5.74, 6) is 1.06. The number of nitrogens with zero attached hydrogens (tertiary/aromatic N) is 1. The quantitative estimate of drug-likeness (QED) is 0.760. The SMILES string of the molecule is CC(O)CN(C(=O)CCCC1CCCC1)C(C)C. The maximum atomic E-state index is 12.1. The molecule has 0 bridgehead atoms. The summed E-state index contributed by atoms with van der Waals surface area (Å²) in [6.07, 6.45) is 7.87. The van der Waals surface area contributed by atoms with E-state index in [9.17, 15) is 9.90 Å². The summed E-state index contributed by atoms with van der Waals surface area (Å²) in [5, 5.41) is 9.42. The molecule has 3 heteroatoms. The minimum atomic E-state index is -0.439. The van der Waals surface area contributed by atoms with E-state index in [4.69, 9.17) is 0 Å². The molecule has 0 spiro atoms. The van der Waals surface area contributed by atoms with Crippen LogP contribution in [0.2, 0.25) is 0 Å². The van der Waals surface area contributed by atoms with Crippen LogP contribution >= 0.6 is 0 Å². The number of hydrogen-bond acceptors (Lipinski definition) is 2. The van der Waals surface area contributed by atoms with E-state index in [1.807, 2.05) is 13.8 Å². The summed E-state index contributed by atoms with van der Waals surface area (Å²) in [4.78, 5) is 13.9. The van der Waals surface area contributed by atoms with Crippen LogP contribution in [0.3, 0.4) is 0 Å². The molecule has 1 rings (SSSR count). The second-order valence-corrected chi connectivity index (χ2v) is 6.03. The molecular weight excluding hydrogens is 226 g/mol. The molecule has 1 N–H and O–H groups in total. The van der Waals surface area contributed by atoms with Crippen molar-refractivity contribution >= 4 is 5.91 Å². The first-order valence-electron chi connectivity index (χ1n) is 7.48. The molecule has 18 heavy (non-hydrogen) atoms. The van der Waals surface area contributed by atoms with E-state index in [2.05, 4.69) is 0 Å². The van der Waals surface area contributed by atoms with Gasteiger partial charge in [0.15, 0.2) is 0 Å². The maximum Gasteiger partial charge on any atom is 0.222 e. The molecule has 1 unspecified atom stereocenters. The van der Waals surface area contributed by atoms with Crippen LogP contribution in [0, 0.1) is 5.92 Å². The number of rotatable bonds is 7. The van der Waals surface area contributed by atoms with E-state index >= 15 is 0 Å². The highest BCUT2D eigenvalue weighted by atomic mass is 16.3. The highest BCUT2D eigenvalue weighted by Crippen LogP contribution is 2.29. The summed E-state index contributed by atoms with van der Waals surface area (Å²) in [6.45, 7) is 6.22. The standard InChI is InChI=1S/C15H29NO2/c1-12(2)16(11-13(3)17)15(18)10-6-9-14-7-4-5-8-14/h12-14,17H,4-11H2,1-3H3. The van der Waals surface area contributed by atoms with Crippen LogP contribution in [0.5, 0.6) is 0 Å². The highest BCUT2D eigenvalue weighted by Gasteiger charge is 2.19. The molecule has 1 fully saturated rings. The normalized spacial score (nSPS) is 18.3. The number of carbonyl (C=O) groups is 1. The first-order valence-corrected chi connectivity index (χ1v) is 7.48. The molecule has 1 atom stereocenters. The van der Waals surface area contributed by atoms with Gasteiger partial charge in [-0.05, 0) is 39.5 Å². The van der Waals surface area contributed by atoms with Crippen molar-refractivity contribution in [2.45, 2.75) is 77.9 Å². The third-order valence-electron chi connectivity index (χ3n) is 3.88. The number of carbonyl (C=O) groups excluding carboxylic acids is 1. The predicted molar refractivity (Wildman–Crippen MR) is 74.3 cm³/mol. The van der Waals surface area contributed by atoms with Gasteiger partial charge in [-0.25, -0.2) is 0 Å². The number of aliphatic hydroxyl groups is 1. The van der Waals surface area contributed by atoms with Gasteiger partial charge in [0, 0.05) is 19.0 Å². The Kier molecular flexibility index (Phi) is 6.69. The largest absolute Gasteiger partial charge is 0.392 e. The van der Waals surface area contributed by atoms with Gasteiger partial charge in [0.1, 0.15) is 0 Å². The summed E-state index contributed by atoms with van der Waals surface area (Å²) in [5.41, 5.74) is 0. The molecule has 3 nitrogen and oxygen atoms in total. The first-order chi connectivity index (χ1) is 8.50.